The predicted molar refractivity (Wildman–Crippen MR) is 140 cm³/mol. The van der Waals surface area contributed by atoms with E-state index in [1.807, 2.05) is 12.1 Å². The molecule has 0 N–H and O–H groups in total. The quantitative estimate of drug-likeness (QED) is 0.375. The zero-order valence-electron chi connectivity index (χ0n) is 20.4. The van der Waals surface area contributed by atoms with Crippen LogP contribution in [0.3, 0.4) is 0 Å². The van der Waals surface area contributed by atoms with Gasteiger partial charge < -0.3 is 9.47 Å². The second kappa shape index (κ2) is 13.5. The second-order valence-electron chi connectivity index (χ2n) is 8.96. The average molecular weight is 470 g/mol. The molecule has 0 bridgehead atoms. The van der Waals surface area contributed by atoms with Gasteiger partial charge in [0, 0.05) is 70.2 Å². The monoisotopic (exact) mass is 469 g/mol. The number of rotatable bonds is 12. The van der Waals surface area contributed by atoms with Gasteiger partial charge in [-0.15, -0.1) is 0 Å². The van der Waals surface area contributed by atoms with Crippen LogP contribution in [0, 0.1) is 11.3 Å². The molecule has 35 heavy (non-hydrogen) atoms. The van der Waals surface area contributed by atoms with Crippen molar-refractivity contribution in [1.82, 2.24) is 9.80 Å². The molecule has 3 aromatic rings. The van der Waals surface area contributed by atoms with E-state index in [1.54, 1.807) is 0 Å². The van der Waals surface area contributed by atoms with Crippen molar-refractivity contribution in [1.29, 1.82) is 5.26 Å². The van der Waals surface area contributed by atoms with Gasteiger partial charge in [0.1, 0.15) is 11.5 Å². The molecular weight excluding hydrogens is 434 g/mol. The van der Waals surface area contributed by atoms with Crippen LogP contribution in [-0.2, 0) is 19.4 Å². The van der Waals surface area contributed by atoms with E-state index in [0.717, 1.165) is 63.6 Å². The fourth-order valence-corrected chi connectivity index (χ4v) is 4.36. The van der Waals surface area contributed by atoms with E-state index in [2.05, 4.69) is 82.6 Å². The third-order valence-electron chi connectivity index (χ3n) is 6.43. The molecule has 5 heteroatoms. The van der Waals surface area contributed by atoms with Crippen molar-refractivity contribution >= 4 is 0 Å². The Kier molecular flexibility index (Phi) is 9.58. The Morgan fingerprint density at radius 1 is 0.714 bits per heavy atom. The van der Waals surface area contributed by atoms with Gasteiger partial charge in [-0.3, -0.25) is 9.80 Å². The second-order valence-corrected chi connectivity index (χ2v) is 8.96. The molecule has 0 spiro atoms. The van der Waals surface area contributed by atoms with Crippen LogP contribution in [-0.4, -0.2) is 55.7 Å². The Labute approximate surface area is 209 Å². The summed E-state index contributed by atoms with van der Waals surface area (Å²) in [6, 6.07) is 29.4. The van der Waals surface area contributed by atoms with Crippen molar-refractivity contribution in [2.24, 2.45) is 0 Å². The lowest BCUT2D eigenvalue weighted by molar-refractivity contribution is 0.128. The summed E-state index contributed by atoms with van der Waals surface area (Å²) in [5, 5.41) is 8.84. The zero-order chi connectivity index (χ0) is 24.1. The number of hydrogen-bond acceptors (Lipinski definition) is 5. The van der Waals surface area contributed by atoms with Gasteiger partial charge in [-0.1, -0.05) is 66.7 Å². The maximum absolute atomic E-state index is 8.84. The summed E-state index contributed by atoms with van der Waals surface area (Å²) in [6.45, 7) is 7.02. The molecule has 0 saturated carbocycles. The summed E-state index contributed by atoms with van der Waals surface area (Å²) in [5.74, 6) is 1.76. The molecule has 0 aliphatic carbocycles. The van der Waals surface area contributed by atoms with Gasteiger partial charge >= 0.3 is 0 Å². The summed E-state index contributed by atoms with van der Waals surface area (Å²) in [5.41, 5.74) is 3.74. The van der Waals surface area contributed by atoms with E-state index < -0.39 is 0 Å². The summed E-state index contributed by atoms with van der Waals surface area (Å²) in [7, 11) is 0. The maximum Gasteiger partial charge on any atom is 0.127 e. The summed E-state index contributed by atoms with van der Waals surface area (Å²) < 4.78 is 12.4. The van der Waals surface area contributed by atoms with Crippen LogP contribution in [0.25, 0.3) is 0 Å². The normalized spacial score (nSPS) is 14.4. The smallest absolute Gasteiger partial charge is 0.127 e. The van der Waals surface area contributed by atoms with Crippen molar-refractivity contribution < 1.29 is 9.47 Å². The molecule has 1 heterocycles. The lowest BCUT2D eigenvalue weighted by Gasteiger charge is -2.34. The molecule has 0 radical (unpaired) electrons. The summed E-state index contributed by atoms with van der Waals surface area (Å²) in [4.78, 5) is 4.85. The minimum atomic E-state index is 0.602. The molecule has 1 aliphatic rings. The number of benzene rings is 3. The molecule has 4 rings (SSSR count). The zero-order valence-corrected chi connectivity index (χ0v) is 20.4. The highest BCUT2D eigenvalue weighted by atomic mass is 16.5. The number of hydrogen-bond donors (Lipinski definition) is 0. The topological polar surface area (TPSA) is 48.7 Å². The van der Waals surface area contributed by atoms with Gasteiger partial charge in [0.15, 0.2) is 0 Å². The van der Waals surface area contributed by atoms with Crippen LogP contribution in [0.1, 0.15) is 23.1 Å². The van der Waals surface area contributed by atoms with Crippen molar-refractivity contribution in [3.63, 3.8) is 0 Å². The summed E-state index contributed by atoms with van der Waals surface area (Å²) >= 11 is 0. The van der Waals surface area contributed by atoms with Gasteiger partial charge in [0.25, 0.3) is 0 Å². The minimum absolute atomic E-state index is 0.602. The maximum atomic E-state index is 8.84. The fraction of sp³-hybridized carbons (Fsp3) is 0.367. The highest BCUT2D eigenvalue weighted by Gasteiger charge is 2.18. The lowest BCUT2D eigenvalue weighted by Crippen LogP contribution is -2.46. The minimum Gasteiger partial charge on any atom is -0.493 e. The van der Waals surface area contributed by atoms with E-state index in [4.69, 9.17) is 14.7 Å². The highest BCUT2D eigenvalue weighted by molar-refractivity contribution is 5.41. The molecular formula is C30H35N3O2. The van der Waals surface area contributed by atoms with Gasteiger partial charge in [0.05, 0.1) is 19.3 Å². The van der Waals surface area contributed by atoms with Crippen LogP contribution in [0.2, 0.25) is 0 Å². The first kappa shape index (κ1) is 24.8. The molecule has 0 amide bonds. The van der Waals surface area contributed by atoms with E-state index in [1.165, 1.54) is 16.7 Å². The van der Waals surface area contributed by atoms with Crippen LogP contribution in [0.5, 0.6) is 11.5 Å². The molecule has 0 unspecified atom stereocenters. The number of piperazine rings is 1. The number of nitrogens with zero attached hydrogens (tertiary/aromatic N) is 3. The van der Waals surface area contributed by atoms with E-state index in [9.17, 15) is 0 Å². The fourth-order valence-electron chi connectivity index (χ4n) is 4.36. The number of nitriles is 1. The molecule has 0 atom stereocenters. The first-order chi connectivity index (χ1) is 17.3. The molecule has 1 saturated heterocycles. The van der Waals surface area contributed by atoms with Crippen LogP contribution >= 0.6 is 0 Å². The van der Waals surface area contributed by atoms with Crippen molar-refractivity contribution in [2.75, 3.05) is 45.9 Å². The first-order valence-corrected chi connectivity index (χ1v) is 12.6. The lowest BCUT2D eigenvalue weighted by atomic mass is 10.1. The highest BCUT2D eigenvalue weighted by Crippen LogP contribution is 2.27. The first-order valence-electron chi connectivity index (χ1n) is 12.6. The Morgan fingerprint density at radius 3 is 1.94 bits per heavy atom. The van der Waals surface area contributed by atoms with Crippen LogP contribution in [0.4, 0.5) is 0 Å². The Morgan fingerprint density at radius 2 is 1.31 bits per heavy atom. The van der Waals surface area contributed by atoms with E-state index in [-0.39, 0.29) is 0 Å². The Bertz CT molecular complexity index is 1060. The van der Waals surface area contributed by atoms with Crippen molar-refractivity contribution in [2.45, 2.75) is 25.8 Å². The van der Waals surface area contributed by atoms with E-state index in [0.29, 0.717) is 19.6 Å². The van der Waals surface area contributed by atoms with E-state index >= 15 is 0 Å². The average Bonchev–Trinajstić information content (AvgIpc) is 2.91. The molecule has 5 nitrogen and oxygen atoms in total. The molecule has 0 aromatic heterocycles. The van der Waals surface area contributed by atoms with Crippen LogP contribution < -0.4 is 9.47 Å². The third-order valence-corrected chi connectivity index (χ3v) is 6.43. The van der Waals surface area contributed by atoms with Gasteiger partial charge in [0.2, 0.25) is 0 Å². The van der Waals surface area contributed by atoms with Gasteiger partial charge in [-0.05, 0) is 17.2 Å². The summed E-state index contributed by atoms with van der Waals surface area (Å²) in [6.07, 6.45) is 2.35. The van der Waals surface area contributed by atoms with Crippen molar-refractivity contribution in [3.05, 3.63) is 95.6 Å². The van der Waals surface area contributed by atoms with Gasteiger partial charge in [-0.25, -0.2) is 0 Å². The Balaban J connectivity index is 1.36. The molecule has 1 aliphatic heterocycles. The van der Waals surface area contributed by atoms with Gasteiger partial charge in [-0.2, -0.15) is 5.26 Å². The Hall–Kier alpha value is -3.33. The number of ether oxygens (including phenoxy) is 2. The third kappa shape index (κ3) is 8.13. The standard InChI is InChI=1S/C30H35N3O2/c31-16-7-17-32-18-20-33(21-19-32)25-28-12-13-29(34-22-14-26-8-3-1-4-9-26)24-30(28)35-23-15-27-10-5-2-6-11-27/h1-6,8-13,24H,7,14-15,17-23,25H2. The largest absolute Gasteiger partial charge is 0.493 e. The molecule has 182 valence electrons. The van der Waals surface area contributed by atoms with Crippen LogP contribution in [0.15, 0.2) is 78.9 Å². The predicted octanol–water partition coefficient (Wildman–Crippen LogP) is 4.96. The molecule has 1 fully saturated rings. The van der Waals surface area contributed by atoms with Crippen molar-refractivity contribution in [3.8, 4) is 17.6 Å². The molecule has 3 aromatic carbocycles. The SMILES string of the molecule is N#CCCN1CCN(Cc2ccc(OCCc3ccccc3)cc2OCCc2ccccc2)CC1.